The van der Waals surface area contributed by atoms with Crippen LogP contribution in [-0.2, 0) is 14.3 Å². The molecule has 6 heteroatoms. The van der Waals surface area contributed by atoms with Crippen molar-refractivity contribution in [3.8, 4) is 0 Å². The lowest BCUT2D eigenvalue weighted by atomic mass is 9.84. The SMILES string of the molecule is Cc1ccc(N2C(=O)C[C@H](c3ccccc3F)C3=C2COC3=O)cc1Cl. The molecule has 0 N–H and O–H groups in total. The minimum absolute atomic E-state index is 0.0135. The highest BCUT2D eigenvalue weighted by Crippen LogP contribution is 2.42. The number of carbonyl (C=O) groups is 2. The molecule has 0 saturated carbocycles. The molecule has 1 amide bonds. The molecule has 0 unspecified atom stereocenters. The van der Waals surface area contributed by atoms with Gasteiger partial charge in [-0.25, -0.2) is 9.18 Å². The number of amides is 1. The summed E-state index contributed by atoms with van der Waals surface area (Å²) in [5.41, 5.74) is 2.58. The topological polar surface area (TPSA) is 46.6 Å². The van der Waals surface area contributed by atoms with Crippen LogP contribution in [0.5, 0.6) is 0 Å². The maximum Gasteiger partial charge on any atom is 0.336 e. The van der Waals surface area contributed by atoms with Crippen molar-refractivity contribution in [2.24, 2.45) is 0 Å². The van der Waals surface area contributed by atoms with E-state index in [2.05, 4.69) is 0 Å². The van der Waals surface area contributed by atoms with Gasteiger partial charge in [0.15, 0.2) is 0 Å². The summed E-state index contributed by atoms with van der Waals surface area (Å²) in [4.78, 5) is 26.7. The highest BCUT2D eigenvalue weighted by Gasteiger charge is 2.43. The first-order valence-electron chi connectivity index (χ1n) is 8.21. The van der Waals surface area contributed by atoms with Crippen LogP contribution in [-0.4, -0.2) is 18.5 Å². The van der Waals surface area contributed by atoms with Crippen LogP contribution in [0.3, 0.4) is 0 Å². The summed E-state index contributed by atoms with van der Waals surface area (Å²) in [5, 5.41) is 0.527. The van der Waals surface area contributed by atoms with Crippen molar-refractivity contribution in [2.45, 2.75) is 19.3 Å². The summed E-state index contributed by atoms with van der Waals surface area (Å²) in [7, 11) is 0. The van der Waals surface area contributed by atoms with Crippen LogP contribution < -0.4 is 4.90 Å². The van der Waals surface area contributed by atoms with Crippen LogP contribution in [0.25, 0.3) is 0 Å². The molecule has 2 aromatic rings. The van der Waals surface area contributed by atoms with Gasteiger partial charge in [0.25, 0.3) is 0 Å². The Hall–Kier alpha value is -2.66. The number of esters is 1. The quantitative estimate of drug-likeness (QED) is 0.746. The van der Waals surface area contributed by atoms with Gasteiger partial charge >= 0.3 is 5.97 Å². The van der Waals surface area contributed by atoms with E-state index in [1.165, 1.54) is 11.0 Å². The number of cyclic esters (lactones) is 1. The van der Waals surface area contributed by atoms with Crippen molar-refractivity contribution in [1.29, 1.82) is 0 Å². The number of aryl methyl sites for hydroxylation is 1. The molecular formula is C20H15ClFNO3. The van der Waals surface area contributed by atoms with Crippen molar-refractivity contribution in [1.82, 2.24) is 0 Å². The Balaban J connectivity index is 1.86. The summed E-state index contributed by atoms with van der Waals surface area (Å²) in [6, 6.07) is 11.5. The Kier molecular flexibility index (Phi) is 4.04. The Labute approximate surface area is 154 Å². The molecule has 0 fully saturated rings. The zero-order valence-corrected chi connectivity index (χ0v) is 14.7. The number of hydrogen-bond acceptors (Lipinski definition) is 3. The van der Waals surface area contributed by atoms with Crippen molar-refractivity contribution < 1.29 is 18.7 Å². The van der Waals surface area contributed by atoms with Gasteiger partial charge in [0.05, 0.1) is 17.0 Å². The van der Waals surface area contributed by atoms with Crippen LogP contribution in [0.15, 0.2) is 53.7 Å². The first-order valence-corrected chi connectivity index (χ1v) is 8.59. The second-order valence-electron chi connectivity index (χ2n) is 6.38. The zero-order valence-electron chi connectivity index (χ0n) is 14.0. The molecule has 2 aromatic carbocycles. The Morgan fingerprint density at radius 3 is 2.69 bits per heavy atom. The molecule has 0 spiro atoms. The van der Waals surface area contributed by atoms with Gasteiger partial charge < -0.3 is 4.74 Å². The first kappa shape index (κ1) is 16.8. The molecule has 4 nitrogen and oxygen atoms in total. The third-order valence-electron chi connectivity index (χ3n) is 4.81. The van der Waals surface area contributed by atoms with Crippen LogP contribution in [0.1, 0.15) is 23.5 Å². The molecule has 132 valence electrons. The molecule has 4 rings (SSSR count). The Morgan fingerprint density at radius 2 is 1.96 bits per heavy atom. The minimum atomic E-state index is -0.647. The summed E-state index contributed by atoms with van der Waals surface area (Å²) in [6.07, 6.45) is -0.0135. The molecule has 2 aliphatic rings. The number of ether oxygens (including phenoxy) is 1. The fraction of sp³-hybridized carbons (Fsp3) is 0.200. The Morgan fingerprint density at radius 1 is 1.19 bits per heavy atom. The highest BCUT2D eigenvalue weighted by atomic mass is 35.5. The fourth-order valence-corrected chi connectivity index (χ4v) is 3.67. The molecule has 1 atom stereocenters. The summed E-state index contributed by atoms with van der Waals surface area (Å²) in [6.45, 7) is 1.85. The molecule has 0 radical (unpaired) electrons. The third kappa shape index (κ3) is 2.59. The average Bonchev–Trinajstić information content (AvgIpc) is 2.99. The van der Waals surface area contributed by atoms with E-state index in [0.29, 0.717) is 27.5 Å². The molecule has 2 aliphatic heterocycles. The summed E-state index contributed by atoms with van der Waals surface area (Å²) in [5.74, 6) is -1.83. The van der Waals surface area contributed by atoms with Crippen LogP contribution >= 0.6 is 11.6 Å². The lowest BCUT2D eigenvalue weighted by molar-refractivity contribution is -0.136. The van der Waals surface area contributed by atoms with Gasteiger partial charge in [-0.3, -0.25) is 9.69 Å². The smallest absolute Gasteiger partial charge is 0.336 e. The van der Waals surface area contributed by atoms with Crippen molar-refractivity contribution in [2.75, 3.05) is 11.5 Å². The summed E-state index contributed by atoms with van der Waals surface area (Å²) >= 11 is 6.20. The molecule has 0 bridgehead atoms. The number of nitrogens with zero attached hydrogens (tertiary/aromatic N) is 1. The van der Waals surface area contributed by atoms with E-state index in [9.17, 15) is 14.0 Å². The number of rotatable bonds is 2. The number of halogens is 2. The van der Waals surface area contributed by atoms with Crippen molar-refractivity contribution in [3.63, 3.8) is 0 Å². The molecule has 2 heterocycles. The van der Waals surface area contributed by atoms with Gasteiger partial charge in [-0.05, 0) is 36.2 Å². The highest BCUT2D eigenvalue weighted by molar-refractivity contribution is 6.31. The number of anilines is 1. The molecule has 0 aromatic heterocycles. The van der Waals surface area contributed by atoms with Gasteiger partial charge in [-0.2, -0.15) is 0 Å². The van der Waals surface area contributed by atoms with E-state index in [0.717, 1.165) is 5.56 Å². The largest absolute Gasteiger partial charge is 0.456 e. The average molecular weight is 372 g/mol. The Bertz CT molecular complexity index is 969. The van der Waals surface area contributed by atoms with Crippen LogP contribution in [0.4, 0.5) is 10.1 Å². The second kappa shape index (κ2) is 6.25. The maximum absolute atomic E-state index is 14.3. The third-order valence-corrected chi connectivity index (χ3v) is 5.22. The van der Waals surface area contributed by atoms with E-state index < -0.39 is 17.7 Å². The van der Waals surface area contributed by atoms with Gasteiger partial charge in [-0.1, -0.05) is 35.9 Å². The van der Waals surface area contributed by atoms with E-state index >= 15 is 0 Å². The van der Waals surface area contributed by atoms with Crippen molar-refractivity contribution >= 4 is 29.2 Å². The van der Waals surface area contributed by atoms with Gasteiger partial charge in [0.2, 0.25) is 5.91 Å². The number of hydrogen-bond donors (Lipinski definition) is 0. The maximum atomic E-state index is 14.3. The second-order valence-corrected chi connectivity index (χ2v) is 6.78. The molecular weight excluding hydrogens is 357 g/mol. The fourth-order valence-electron chi connectivity index (χ4n) is 3.50. The normalized spacial score (nSPS) is 19.7. The molecule has 26 heavy (non-hydrogen) atoms. The number of carbonyl (C=O) groups excluding carboxylic acids is 2. The zero-order chi connectivity index (χ0) is 18.4. The number of benzene rings is 2. The predicted molar refractivity (Wildman–Crippen MR) is 95.4 cm³/mol. The lowest BCUT2D eigenvalue weighted by Gasteiger charge is -2.32. The predicted octanol–water partition coefficient (Wildman–Crippen LogP) is 4.12. The van der Waals surface area contributed by atoms with E-state index in [-0.39, 0.29) is 18.9 Å². The monoisotopic (exact) mass is 371 g/mol. The van der Waals surface area contributed by atoms with Gasteiger partial charge in [-0.15, -0.1) is 0 Å². The van der Waals surface area contributed by atoms with Crippen LogP contribution in [0, 0.1) is 12.7 Å². The van der Waals surface area contributed by atoms with E-state index in [1.54, 1.807) is 30.3 Å². The minimum Gasteiger partial charge on any atom is -0.456 e. The summed E-state index contributed by atoms with van der Waals surface area (Å²) < 4.78 is 19.5. The molecule has 0 aliphatic carbocycles. The first-order chi connectivity index (χ1) is 12.5. The standard InChI is InChI=1S/C20H15ClFNO3/c1-11-6-7-12(8-15(11)21)23-17-10-26-20(25)19(17)14(9-18(23)24)13-4-2-3-5-16(13)22/h2-8,14H,9-10H2,1H3/t14-/m1/s1. The lowest BCUT2D eigenvalue weighted by Crippen LogP contribution is -2.37. The van der Waals surface area contributed by atoms with E-state index in [1.807, 2.05) is 13.0 Å². The van der Waals surface area contributed by atoms with Crippen LogP contribution in [0.2, 0.25) is 5.02 Å². The van der Waals surface area contributed by atoms with Gasteiger partial charge in [0.1, 0.15) is 12.4 Å². The van der Waals surface area contributed by atoms with Gasteiger partial charge in [0, 0.05) is 17.4 Å². The van der Waals surface area contributed by atoms with E-state index in [4.69, 9.17) is 16.3 Å². The van der Waals surface area contributed by atoms with Crippen molar-refractivity contribution in [3.05, 3.63) is 75.7 Å². The molecule has 0 saturated heterocycles.